The summed E-state index contributed by atoms with van der Waals surface area (Å²) >= 11 is 0. The molecule has 0 aromatic heterocycles. The highest BCUT2D eigenvalue weighted by Gasteiger charge is 2.16. The molecule has 9 nitrogen and oxygen atoms in total. The number of nitro benzene ring substituents is 1. The zero-order valence-corrected chi connectivity index (χ0v) is 14.3. The first-order valence-corrected chi connectivity index (χ1v) is 8.90. The van der Waals surface area contributed by atoms with Crippen molar-refractivity contribution in [2.24, 2.45) is 0 Å². The van der Waals surface area contributed by atoms with Crippen molar-refractivity contribution in [3.8, 4) is 5.75 Å². The van der Waals surface area contributed by atoms with Crippen LogP contribution >= 0.6 is 0 Å². The average Bonchev–Trinajstić information content (AvgIpc) is 2.63. The molecule has 0 aliphatic rings. The smallest absolute Gasteiger partial charge is 0.294 e. The van der Waals surface area contributed by atoms with Crippen molar-refractivity contribution in [3.05, 3.63) is 70.3 Å². The molecule has 3 N–H and O–H groups in total. The van der Waals surface area contributed by atoms with Crippen LogP contribution in [0.25, 0.3) is 10.8 Å². The highest BCUT2D eigenvalue weighted by molar-refractivity contribution is 7.85. The van der Waals surface area contributed by atoms with Crippen LogP contribution in [0.5, 0.6) is 5.75 Å². The maximum absolute atomic E-state index is 12.3. The van der Waals surface area contributed by atoms with Crippen molar-refractivity contribution in [2.75, 3.05) is 5.32 Å². The molecule has 3 aromatic rings. The van der Waals surface area contributed by atoms with E-state index in [9.17, 15) is 28.4 Å². The molecule has 0 heterocycles. The molecule has 0 saturated carbocycles. The third kappa shape index (κ3) is 3.71. The quantitative estimate of drug-likeness (QED) is 0.269. The number of nitrogens with one attached hydrogen (secondary N) is 1. The lowest BCUT2D eigenvalue weighted by atomic mass is 10.1. The molecule has 138 valence electrons. The standard InChI is InChI=1S/C17H12N2O7S/c20-16-14-6-5-13(27(24,25)26)9-10(14)4-7-15(16)18-17(21)11-2-1-3-12(8-11)19(22)23/h1-9,20H,(H,18,21)(H,24,25,26). The van der Waals surface area contributed by atoms with E-state index in [0.717, 1.165) is 12.1 Å². The highest BCUT2D eigenvalue weighted by Crippen LogP contribution is 2.34. The van der Waals surface area contributed by atoms with E-state index in [0.29, 0.717) is 5.39 Å². The highest BCUT2D eigenvalue weighted by atomic mass is 32.2. The van der Waals surface area contributed by atoms with Crippen molar-refractivity contribution < 1.29 is 27.8 Å². The van der Waals surface area contributed by atoms with Gasteiger partial charge in [0, 0.05) is 23.1 Å². The molecule has 3 aromatic carbocycles. The lowest BCUT2D eigenvalue weighted by Crippen LogP contribution is -2.12. The van der Waals surface area contributed by atoms with Gasteiger partial charge in [0.2, 0.25) is 0 Å². The largest absolute Gasteiger partial charge is 0.505 e. The number of benzene rings is 3. The Balaban J connectivity index is 1.95. The van der Waals surface area contributed by atoms with Crippen LogP contribution in [0.1, 0.15) is 10.4 Å². The van der Waals surface area contributed by atoms with Crippen LogP contribution in [0.15, 0.2) is 59.5 Å². The SMILES string of the molecule is O=C(Nc1ccc2cc(S(=O)(=O)O)ccc2c1O)c1cccc([N+](=O)[O-])c1. The number of anilines is 1. The number of amides is 1. The summed E-state index contributed by atoms with van der Waals surface area (Å²) in [6.45, 7) is 0. The second kappa shape index (κ2) is 6.67. The van der Waals surface area contributed by atoms with Crippen LogP contribution in [-0.4, -0.2) is 28.9 Å². The maximum Gasteiger partial charge on any atom is 0.294 e. The minimum atomic E-state index is -4.39. The second-order valence-corrected chi connectivity index (χ2v) is 7.00. The summed E-state index contributed by atoms with van der Waals surface area (Å²) < 4.78 is 31.5. The molecular weight excluding hydrogens is 376 g/mol. The van der Waals surface area contributed by atoms with E-state index in [1.807, 2.05) is 0 Å². The Bertz CT molecular complexity index is 1190. The number of phenols is 1. The van der Waals surface area contributed by atoms with Gasteiger partial charge >= 0.3 is 0 Å². The lowest BCUT2D eigenvalue weighted by molar-refractivity contribution is -0.384. The summed E-state index contributed by atoms with van der Waals surface area (Å²) in [7, 11) is -4.39. The summed E-state index contributed by atoms with van der Waals surface area (Å²) in [5.41, 5.74) is -0.174. The molecule has 0 bridgehead atoms. The summed E-state index contributed by atoms with van der Waals surface area (Å²) in [5, 5.41) is 24.2. The van der Waals surface area contributed by atoms with Crippen molar-refractivity contribution in [2.45, 2.75) is 4.90 Å². The van der Waals surface area contributed by atoms with Gasteiger partial charge in [-0.15, -0.1) is 0 Å². The van der Waals surface area contributed by atoms with E-state index in [1.54, 1.807) is 0 Å². The number of fused-ring (bicyclic) bond motifs is 1. The van der Waals surface area contributed by atoms with Crippen LogP contribution < -0.4 is 5.32 Å². The maximum atomic E-state index is 12.3. The Labute approximate surface area is 152 Å². The van der Waals surface area contributed by atoms with Gasteiger partial charge in [-0.2, -0.15) is 8.42 Å². The normalized spacial score (nSPS) is 11.3. The van der Waals surface area contributed by atoms with E-state index in [-0.39, 0.29) is 33.0 Å². The lowest BCUT2D eigenvalue weighted by Gasteiger charge is -2.10. The fraction of sp³-hybridized carbons (Fsp3) is 0. The van der Waals surface area contributed by atoms with E-state index in [2.05, 4.69) is 5.32 Å². The van der Waals surface area contributed by atoms with Crippen LogP contribution in [0.3, 0.4) is 0 Å². The van der Waals surface area contributed by atoms with Crippen molar-refractivity contribution in [3.63, 3.8) is 0 Å². The first-order chi connectivity index (χ1) is 12.7. The van der Waals surface area contributed by atoms with Gasteiger partial charge in [0.1, 0.15) is 5.75 Å². The molecule has 0 spiro atoms. The van der Waals surface area contributed by atoms with E-state index < -0.39 is 20.9 Å². The Kier molecular flexibility index (Phi) is 4.52. The number of carbonyl (C=O) groups is 1. The zero-order chi connectivity index (χ0) is 19.8. The van der Waals surface area contributed by atoms with Crippen molar-refractivity contribution in [1.82, 2.24) is 0 Å². The van der Waals surface area contributed by atoms with Gasteiger partial charge in [-0.3, -0.25) is 19.5 Å². The third-order valence-electron chi connectivity index (χ3n) is 3.83. The van der Waals surface area contributed by atoms with E-state index in [4.69, 9.17) is 4.55 Å². The molecule has 27 heavy (non-hydrogen) atoms. The van der Waals surface area contributed by atoms with Crippen LogP contribution in [0.2, 0.25) is 0 Å². The van der Waals surface area contributed by atoms with Gasteiger partial charge in [0.05, 0.1) is 15.5 Å². The summed E-state index contributed by atoms with van der Waals surface area (Å²) in [4.78, 5) is 22.2. The minimum Gasteiger partial charge on any atom is -0.505 e. The zero-order valence-electron chi connectivity index (χ0n) is 13.5. The molecule has 0 atom stereocenters. The molecule has 10 heteroatoms. The number of rotatable bonds is 4. The topological polar surface area (TPSA) is 147 Å². The molecule has 0 fully saturated rings. The number of aromatic hydroxyl groups is 1. The molecule has 0 radical (unpaired) electrons. The number of phenolic OH excluding ortho intramolecular Hbond substituents is 1. The van der Waals surface area contributed by atoms with E-state index >= 15 is 0 Å². The molecular formula is C17H12N2O7S. The molecule has 0 aliphatic carbocycles. The number of hydrogen-bond donors (Lipinski definition) is 3. The molecule has 0 aliphatic heterocycles. The van der Waals surface area contributed by atoms with Crippen molar-refractivity contribution >= 4 is 38.2 Å². The first-order valence-electron chi connectivity index (χ1n) is 7.46. The number of nitro groups is 1. The van der Waals surface area contributed by atoms with Crippen LogP contribution in [0, 0.1) is 10.1 Å². The van der Waals surface area contributed by atoms with Gasteiger partial charge in [0.15, 0.2) is 0 Å². The van der Waals surface area contributed by atoms with Gasteiger partial charge < -0.3 is 10.4 Å². The van der Waals surface area contributed by atoms with Gasteiger partial charge in [-0.05, 0) is 35.7 Å². The minimum absolute atomic E-state index is 0.0328. The number of hydrogen-bond acceptors (Lipinski definition) is 6. The third-order valence-corrected chi connectivity index (χ3v) is 4.68. The number of non-ortho nitro benzene ring substituents is 1. The Hall–Kier alpha value is -3.50. The number of carbonyl (C=O) groups excluding carboxylic acids is 1. The fourth-order valence-corrected chi connectivity index (χ4v) is 3.02. The van der Waals surface area contributed by atoms with E-state index in [1.165, 1.54) is 42.5 Å². The van der Waals surface area contributed by atoms with Crippen LogP contribution in [-0.2, 0) is 10.1 Å². The van der Waals surface area contributed by atoms with Gasteiger partial charge in [-0.1, -0.05) is 12.1 Å². The Morgan fingerprint density at radius 1 is 1.07 bits per heavy atom. The molecule has 0 unspecified atom stereocenters. The molecule has 3 rings (SSSR count). The van der Waals surface area contributed by atoms with Gasteiger partial charge in [0.25, 0.3) is 21.7 Å². The summed E-state index contributed by atoms with van der Waals surface area (Å²) in [5.74, 6) is -0.976. The second-order valence-electron chi connectivity index (χ2n) is 5.58. The molecule has 1 amide bonds. The summed E-state index contributed by atoms with van der Waals surface area (Å²) in [6.07, 6.45) is 0. The number of nitrogens with zero attached hydrogens (tertiary/aromatic N) is 1. The monoisotopic (exact) mass is 388 g/mol. The fourth-order valence-electron chi connectivity index (χ4n) is 2.51. The van der Waals surface area contributed by atoms with Gasteiger partial charge in [-0.25, -0.2) is 0 Å². The van der Waals surface area contributed by atoms with Crippen LogP contribution in [0.4, 0.5) is 11.4 Å². The Morgan fingerprint density at radius 3 is 2.48 bits per heavy atom. The predicted octanol–water partition coefficient (Wildman–Crippen LogP) is 2.95. The average molecular weight is 388 g/mol. The van der Waals surface area contributed by atoms with Crippen molar-refractivity contribution in [1.29, 1.82) is 0 Å². The summed E-state index contributed by atoms with van der Waals surface area (Å²) in [6, 6.07) is 11.5. The predicted molar refractivity (Wildman–Crippen MR) is 96.5 cm³/mol. The Morgan fingerprint density at radius 2 is 1.81 bits per heavy atom. The first kappa shape index (κ1) is 18.3. The molecule has 0 saturated heterocycles.